The van der Waals surface area contributed by atoms with E-state index in [4.69, 9.17) is 9.72 Å². The molecular weight excluding hydrogens is 368 g/mol. The molecule has 0 radical (unpaired) electrons. The van der Waals surface area contributed by atoms with Gasteiger partial charge in [0.05, 0.1) is 11.4 Å². The van der Waals surface area contributed by atoms with E-state index in [1.807, 2.05) is 91.0 Å². The highest BCUT2D eigenvalue weighted by atomic mass is 16.5. The molecule has 3 heteroatoms. The van der Waals surface area contributed by atoms with Crippen LogP contribution in [-0.4, -0.2) is 9.97 Å². The minimum Gasteiger partial charge on any atom is -0.457 e. The fraction of sp³-hybridized carbons (Fsp3) is 0. The van der Waals surface area contributed by atoms with Crippen LogP contribution in [0.15, 0.2) is 115 Å². The van der Waals surface area contributed by atoms with Gasteiger partial charge in [-0.2, -0.15) is 0 Å². The Labute approximate surface area is 175 Å². The topological polar surface area (TPSA) is 37.9 Å². The summed E-state index contributed by atoms with van der Waals surface area (Å²) in [6.45, 7) is 0. The van der Waals surface area contributed by atoms with Gasteiger partial charge in [0.15, 0.2) is 0 Å². The normalized spacial score (nSPS) is 10.7. The number of H-pyrrole nitrogens is 1. The molecule has 1 heterocycles. The molecule has 0 saturated carbocycles. The number of aromatic nitrogens is 2. The predicted molar refractivity (Wildman–Crippen MR) is 121 cm³/mol. The van der Waals surface area contributed by atoms with Crippen LogP contribution >= 0.6 is 0 Å². The summed E-state index contributed by atoms with van der Waals surface area (Å²) < 4.78 is 6.01. The first-order chi connectivity index (χ1) is 14.9. The highest BCUT2D eigenvalue weighted by Crippen LogP contribution is 2.34. The maximum absolute atomic E-state index is 6.01. The molecule has 30 heavy (non-hydrogen) atoms. The Bertz CT molecular complexity index is 1190. The Morgan fingerprint density at radius 2 is 1.10 bits per heavy atom. The van der Waals surface area contributed by atoms with Crippen molar-refractivity contribution in [3.63, 3.8) is 0 Å². The first-order valence-corrected chi connectivity index (χ1v) is 9.91. The SMILES string of the molecule is c1ccc(Oc2cccc(-c3nc(-c4ccccc4)c(-c4ccccc4)[nH]3)c2)cc1. The number of benzene rings is 4. The minimum atomic E-state index is 0.776. The highest BCUT2D eigenvalue weighted by Gasteiger charge is 2.15. The zero-order valence-electron chi connectivity index (χ0n) is 16.3. The molecule has 1 N–H and O–H groups in total. The molecule has 0 aliphatic heterocycles. The third-order valence-electron chi connectivity index (χ3n) is 4.90. The molecule has 5 aromatic rings. The largest absolute Gasteiger partial charge is 0.457 e. The first kappa shape index (κ1) is 18.0. The lowest BCUT2D eigenvalue weighted by atomic mass is 10.1. The van der Waals surface area contributed by atoms with Crippen LogP contribution in [-0.2, 0) is 0 Å². The Morgan fingerprint density at radius 3 is 1.80 bits per heavy atom. The van der Waals surface area contributed by atoms with Gasteiger partial charge in [-0.25, -0.2) is 4.98 Å². The number of nitrogens with one attached hydrogen (secondary N) is 1. The fourth-order valence-corrected chi connectivity index (χ4v) is 3.46. The van der Waals surface area contributed by atoms with Crippen LogP contribution < -0.4 is 4.74 Å². The number of nitrogens with zero attached hydrogens (tertiary/aromatic N) is 1. The molecule has 0 spiro atoms. The van der Waals surface area contributed by atoms with Gasteiger partial charge in [-0.15, -0.1) is 0 Å². The van der Waals surface area contributed by atoms with E-state index in [9.17, 15) is 0 Å². The van der Waals surface area contributed by atoms with Crippen molar-refractivity contribution in [3.05, 3.63) is 115 Å². The van der Waals surface area contributed by atoms with Crippen LogP contribution in [0, 0.1) is 0 Å². The van der Waals surface area contributed by atoms with Crippen molar-refractivity contribution in [1.29, 1.82) is 0 Å². The van der Waals surface area contributed by atoms with Gasteiger partial charge in [0.2, 0.25) is 0 Å². The van der Waals surface area contributed by atoms with Crippen molar-refractivity contribution in [3.8, 4) is 45.4 Å². The van der Waals surface area contributed by atoms with Gasteiger partial charge < -0.3 is 9.72 Å². The summed E-state index contributed by atoms with van der Waals surface area (Å²) in [6.07, 6.45) is 0. The van der Waals surface area contributed by atoms with E-state index in [-0.39, 0.29) is 0 Å². The Morgan fingerprint density at radius 1 is 0.533 bits per heavy atom. The summed E-state index contributed by atoms with van der Waals surface area (Å²) in [5, 5.41) is 0. The summed E-state index contributed by atoms with van der Waals surface area (Å²) in [5.41, 5.74) is 5.10. The molecule has 1 aromatic heterocycles. The van der Waals surface area contributed by atoms with Crippen LogP contribution in [0.3, 0.4) is 0 Å². The second-order valence-electron chi connectivity index (χ2n) is 6.98. The standard InChI is InChI=1S/C27H20N2O/c1-4-11-20(12-5-1)25-26(21-13-6-2-7-14-21)29-27(28-25)22-15-10-18-24(19-22)30-23-16-8-3-9-17-23/h1-19H,(H,28,29). The Kier molecular flexibility index (Phi) is 4.84. The van der Waals surface area contributed by atoms with Crippen molar-refractivity contribution in [1.82, 2.24) is 9.97 Å². The molecular formula is C27H20N2O. The van der Waals surface area contributed by atoms with Gasteiger partial charge in [-0.3, -0.25) is 0 Å². The zero-order chi connectivity index (χ0) is 20.2. The zero-order valence-corrected chi connectivity index (χ0v) is 16.3. The third-order valence-corrected chi connectivity index (χ3v) is 4.90. The second-order valence-corrected chi connectivity index (χ2v) is 6.98. The van der Waals surface area contributed by atoms with Gasteiger partial charge in [-0.1, -0.05) is 91.0 Å². The maximum atomic E-state index is 6.01. The number of hydrogen-bond acceptors (Lipinski definition) is 2. The molecule has 4 aromatic carbocycles. The first-order valence-electron chi connectivity index (χ1n) is 9.91. The minimum absolute atomic E-state index is 0.776. The number of rotatable bonds is 5. The molecule has 0 aliphatic carbocycles. The van der Waals surface area contributed by atoms with Crippen LogP contribution in [0.2, 0.25) is 0 Å². The lowest BCUT2D eigenvalue weighted by molar-refractivity contribution is 0.483. The quantitative estimate of drug-likeness (QED) is 0.346. The van der Waals surface area contributed by atoms with E-state index in [0.29, 0.717) is 0 Å². The van der Waals surface area contributed by atoms with E-state index < -0.39 is 0 Å². The average molecular weight is 388 g/mol. The van der Waals surface area contributed by atoms with Gasteiger partial charge in [0.25, 0.3) is 0 Å². The van der Waals surface area contributed by atoms with Crippen molar-refractivity contribution >= 4 is 0 Å². The lowest BCUT2D eigenvalue weighted by Gasteiger charge is -2.06. The summed E-state index contributed by atoms with van der Waals surface area (Å²) in [7, 11) is 0. The van der Waals surface area contributed by atoms with Gasteiger partial charge >= 0.3 is 0 Å². The maximum Gasteiger partial charge on any atom is 0.138 e. The van der Waals surface area contributed by atoms with Gasteiger partial charge in [0.1, 0.15) is 17.3 Å². The van der Waals surface area contributed by atoms with Crippen LogP contribution in [0.25, 0.3) is 33.9 Å². The summed E-state index contributed by atoms with van der Waals surface area (Å²) in [6, 6.07) is 38.3. The Hall–Kier alpha value is -4.11. The molecule has 0 fully saturated rings. The number of hydrogen-bond donors (Lipinski definition) is 1. The van der Waals surface area contributed by atoms with E-state index in [0.717, 1.165) is 45.4 Å². The monoisotopic (exact) mass is 388 g/mol. The Balaban J connectivity index is 1.57. The van der Waals surface area contributed by atoms with E-state index in [1.165, 1.54) is 0 Å². The molecule has 0 aliphatic rings. The number of para-hydroxylation sites is 1. The van der Waals surface area contributed by atoms with Crippen LogP contribution in [0.4, 0.5) is 0 Å². The molecule has 5 rings (SSSR count). The molecule has 0 saturated heterocycles. The number of ether oxygens (including phenoxy) is 1. The predicted octanol–water partition coefficient (Wildman–Crippen LogP) is 7.20. The van der Waals surface area contributed by atoms with Crippen molar-refractivity contribution in [2.24, 2.45) is 0 Å². The van der Waals surface area contributed by atoms with Crippen LogP contribution in [0.5, 0.6) is 11.5 Å². The van der Waals surface area contributed by atoms with Crippen molar-refractivity contribution < 1.29 is 4.74 Å². The third kappa shape index (κ3) is 3.74. The fourth-order valence-electron chi connectivity index (χ4n) is 3.46. The van der Waals surface area contributed by atoms with E-state index in [1.54, 1.807) is 0 Å². The molecule has 0 atom stereocenters. The second kappa shape index (κ2) is 8.10. The number of imidazole rings is 1. The smallest absolute Gasteiger partial charge is 0.138 e. The lowest BCUT2D eigenvalue weighted by Crippen LogP contribution is -1.86. The average Bonchev–Trinajstić information content (AvgIpc) is 3.27. The summed E-state index contributed by atoms with van der Waals surface area (Å²) >= 11 is 0. The summed E-state index contributed by atoms with van der Waals surface area (Å²) in [5.74, 6) is 2.40. The van der Waals surface area contributed by atoms with Gasteiger partial charge in [-0.05, 0) is 24.3 Å². The molecule has 144 valence electrons. The highest BCUT2D eigenvalue weighted by molar-refractivity contribution is 5.81. The molecule has 0 amide bonds. The van der Waals surface area contributed by atoms with Crippen LogP contribution in [0.1, 0.15) is 0 Å². The van der Waals surface area contributed by atoms with E-state index >= 15 is 0 Å². The molecule has 0 unspecified atom stereocenters. The summed E-state index contributed by atoms with van der Waals surface area (Å²) in [4.78, 5) is 8.50. The van der Waals surface area contributed by atoms with E-state index in [2.05, 4.69) is 29.2 Å². The van der Waals surface area contributed by atoms with Crippen molar-refractivity contribution in [2.45, 2.75) is 0 Å². The number of aromatic amines is 1. The van der Waals surface area contributed by atoms with Crippen molar-refractivity contribution in [2.75, 3.05) is 0 Å². The molecule has 0 bridgehead atoms. The van der Waals surface area contributed by atoms with Gasteiger partial charge in [0, 0.05) is 16.7 Å². The molecule has 3 nitrogen and oxygen atoms in total.